The molecule has 0 aliphatic carbocycles. The lowest BCUT2D eigenvalue weighted by atomic mass is 10.2. The standard InChI is InChI=1S/C22H29FN2O2/c23-22-10-5-4-7-20(22)19-25-12-6-11-24(13-14-25)15-16-26-17-18-27-21-8-2-1-3-9-21/h1-5,7-10H,6,11-19H2. The van der Waals surface area contributed by atoms with Crippen molar-refractivity contribution < 1.29 is 13.9 Å². The first-order valence-corrected chi connectivity index (χ1v) is 9.75. The van der Waals surface area contributed by atoms with E-state index in [-0.39, 0.29) is 5.82 Å². The molecule has 5 heteroatoms. The molecule has 1 heterocycles. The van der Waals surface area contributed by atoms with Crippen molar-refractivity contribution >= 4 is 0 Å². The highest BCUT2D eigenvalue weighted by atomic mass is 19.1. The average Bonchev–Trinajstić information content (AvgIpc) is 2.92. The van der Waals surface area contributed by atoms with E-state index in [4.69, 9.17) is 9.47 Å². The number of benzene rings is 2. The second kappa shape index (κ2) is 11.0. The Balaban J connectivity index is 1.29. The van der Waals surface area contributed by atoms with E-state index >= 15 is 0 Å². The van der Waals surface area contributed by atoms with E-state index in [1.54, 1.807) is 6.07 Å². The minimum absolute atomic E-state index is 0.107. The topological polar surface area (TPSA) is 24.9 Å². The zero-order valence-corrected chi connectivity index (χ0v) is 15.9. The largest absolute Gasteiger partial charge is 0.491 e. The smallest absolute Gasteiger partial charge is 0.127 e. The van der Waals surface area contributed by atoms with Gasteiger partial charge in [-0.25, -0.2) is 4.39 Å². The molecular formula is C22H29FN2O2. The lowest BCUT2D eigenvalue weighted by molar-refractivity contribution is 0.0803. The molecule has 146 valence electrons. The summed E-state index contributed by atoms with van der Waals surface area (Å²) in [5, 5.41) is 0. The van der Waals surface area contributed by atoms with Crippen LogP contribution in [0.1, 0.15) is 12.0 Å². The van der Waals surface area contributed by atoms with E-state index in [1.165, 1.54) is 6.07 Å². The molecule has 2 aromatic rings. The van der Waals surface area contributed by atoms with Crippen LogP contribution in [0, 0.1) is 5.82 Å². The maximum Gasteiger partial charge on any atom is 0.127 e. The first-order valence-electron chi connectivity index (χ1n) is 9.75. The third-order valence-electron chi connectivity index (χ3n) is 4.82. The second-order valence-electron chi connectivity index (χ2n) is 6.84. The maximum absolute atomic E-state index is 13.8. The molecule has 0 spiro atoms. The molecule has 4 nitrogen and oxygen atoms in total. The van der Waals surface area contributed by atoms with Gasteiger partial charge >= 0.3 is 0 Å². The van der Waals surface area contributed by atoms with Gasteiger partial charge in [0.1, 0.15) is 18.2 Å². The average molecular weight is 372 g/mol. The van der Waals surface area contributed by atoms with E-state index in [0.717, 1.165) is 50.5 Å². The predicted octanol–water partition coefficient (Wildman–Crippen LogP) is 3.43. The van der Waals surface area contributed by atoms with Crippen LogP contribution in [0.15, 0.2) is 54.6 Å². The molecule has 0 bridgehead atoms. The van der Waals surface area contributed by atoms with E-state index < -0.39 is 0 Å². The van der Waals surface area contributed by atoms with Gasteiger partial charge in [-0.05, 0) is 37.7 Å². The Morgan fingerprint density at radius 1 is 0.778 bits per heavy atom. The molecule has 0 radical (unpaired) electrons. The number of hydrogen-bond acceptors (Lipinski definition) is 4. The van der Waals surface area contributed by atoms with Gasteiger partial charge in [-0.3, -0.25) is 9.80 Å². The van der Waals surface area contributed by atoms with Crippen LogP contribution in [0.25, 0.3) is 0 Å². The highest BCUT2D eigenvalue weighted by molar-refractivity contribution is 5.20. The summed E-state index contributed by atoms with van der Waals surface area (Å²) in [6, 6.07) is 16.9. The van der Waals surface area contributed by atoms with Crippen LogP contribution in [0.2, 0.25) is 0 Å². The van der Waals surface area contributed by atoms with Crippen LogP contribution < -0.4 is 4.74 Å². The molecule has 0 aromatic heterocycles. The summed E-state index contributed by atoms with van der Waals surface area (Å²) in [6.07, 6.45) is 1.10. The van der Waals surface area contributed by atoms with Crippen molar-refractivity contribution in [3.8, 4) is 5.75 Å². The molecule has 0 amide bonds. The summed E-state index contributed by atoms with van der Waals surface area (Å²) in [5.74, 6) is 0.772. The molecular weight excluding hydrogens is 343 g/mol. The summed E-state index contributed by atoms with van der Waals surface area (Å²) < 4.78 is 25.2. The minimum Gasteiger partial charge on any atom is -0.491 e. The normalized spacial score (nSPS) is 16.2. The Morgan fingerprint density at radius 2 is 1.52 bits per heavy atom. The van der Waals surface area contributed by atoms with Crippen LogP contribution >= 0.6 is 0 Å². The fourth-order valence-corrected chi connectivity index (χ4v) is 3.30. The molecule has 1 fully saturated rings. The van der Waals surface area contributed by atoms with Gasteiger partial charge in [0.05, 0.1) is 13.2 Å². The fraction of sp³-hybridized carbons (Fsp3) is 0.455. The first-order chi connectivity index (χ1) is 13.3. The molecule has 1 aliphatic heterocycles. The second-order valence-corrected chi connectivity index (χ2v) is 6.84. The number of hydrogen-bond donors (Lipinski definition) is 0. The van der Waals surface area contributed by atoms with Crippen molar-refractivity contribution in [2.24, 2.45) is 0 Å². The quantitative estimate of drug-likeness (QED) is 0.630. The number of rotatable bonds is 9. The third-order valence-corrected chi connectivity index (χ3v) is 4.82. The van der Waals surface area contributed by atoms with Gasteiger partial charge in [0, 0.05) is 31.7 Å². The van der Waals surface area contributed by atoms with Crippen molar-refractivity contribution in [3.05, 3.63) is 66.0 Å². The zero-order chi connectivity index (χ0) is 18.7. The number of halogens is 1. The lowest BCUT2D eigenvalue weighted by Crippen LogP contribution is -2.33. The van der Waals surface area contributed by atoms with Crippen LogP contribution in [0.5, 0.6) is 5.75 Å². The van der Waals surface area contributed by atoms with Crippen LogP contribution in [0.3, 0.4) is 0 Å². The van der Waals surface area contributed by atoms with Gasteiger partial charge in [-0.1, -0.05) is 36.4 Å². The van der Waals surface area contributed by atoms with Gasteiger partial charge in [-0.15, -0.1) is 0 Å². The van der Waals surface area contributed by atoms with E-state index in [9.17, 15) is 4.39 Å². The summed E-state index contributed by atoms with van der Waals surface area (Å²) in [4.78, 5) is 4.77. The third kappa shape index (κ3) is 6.94. The molecule has 0 N–H and O–H groups in total. The van der Waals surface area contributed by atoms with E-state index in [2.05, 4.69) is 9.80 Å². The fourth-order valence-electron chi connectivity index (χ4n) is 3.30. The molecule has 2 aromatic carbocycles. The molecule has 1 aliphatic rings. The van der Waals surface area contributed by atoms with Crippen molar-refractivity contribution in [3.63, 3.8) is 0 Å². The first kappa shape index (κ1) is 19.8. The number of para-hydroxylation sites is 1. The van der Waals surface area contributed by atoms with Crippen LogP contribution in [-0.2, 0) is 11.3 Å². The van der Waals surface area contributed by atoms with Gasteiger partial charge in [0.25, 0.3) is 0 Å². The van der Waals surface area contributed by atoms with Gasteiger partial charge in [0.2, 0.25) is 0 Å². The SMILES string of the molecule is Fc1ccccc1CN1CCCN(CCOCCOc2ccccc2)CC1. The summed E-state index contributed by atoms with van der Waals surface area (Å²) >= 11 is 0. The van der Waals surface area contributed by atoms with E-state index in [0.29, 0.717) is 26.4 Å². The summed E-state index contributed by atoms with van der Waals surface area (Å²) in [5.41, 5.74) is 0.785. The van der Waals surface area contributed by atoms with E-state index in [1.807, 2.05) is 42.5 Å². The predicted molar refractivity (Wildman–Crippen MR) is 105 cm³/mol. The molecule has 3 rings (SSSR count). The monoisotopic (exact) mass is 372 g/mol. The van der Waals surface area contributed by atoms with Crippen molar-refractivity contribution in [2.45, 2.75) is 13.0 Å². The molecule has 27 heavy (non-hydrogen) atoms. The lowest BCUT2D eigenvalue weighted by Gasteiger charge is -2.22. The Hall–Kier alpha value is -1.95. The Bertz CT molecular complexity index is 668. The van der Waals surface area contributed by atoms with Gasteiger partial charge in [0.15, 0.2) is 0 Å². The summed E-state index contributed by atoms with van der Waals surface area (Å²) in [6.45, 7) is 7.54. The number of nitrogens with zero attached hydrogens (tertiary/aromatic N) is 2. The molecule has 0 atom stereocenters. The minimum atomic E-state index is -0.107. The summed E-state index contributed by atoms with van der Waals surface area (Å²) in [7, 11) is 0. The van der Waals surface area contributed by atoms with Gasteiger partial charge < -0.3 is 9.47 Å². The highest BCUT2D eigenvalue weighted by Crippen LogP contribution is 2.12. The van der Waals surface area contributed by atoms with Gasteiger partial charge in [-0.2, -0.15) is 0 Å². The van der Waals surface area contributed by atoms with Crippen LogP contribution in [0.4, 0.5) is 4.39 Å². The van der Waals surface area contributed by atoms with Crippen LogP contribution in [-0.4, -0.2) is 62.3 Å². The highest BCUT2D eigenvalue weighted by Gasteiger charge is 2.15. The van der Waals surface area contributed by atoms with Crippen molar-refractivity contribution in [1.82, 2.24) is 9.80 Å². The Morgan fingerprint density at radius 3 is 2.37 bits per heavy atom. The molecule has 1 saturated heterocycles. The Labute approximate surface area is 161 Å². The Kier molecular flexibility index (Phi) is 8.08. The van der Waals surface area contributed by atoms with Crippen molar-refractivity contribution in [1.29, 1.82) is 0 Å². The molecule has 0 saturated carbocycles. The number of ether oxygens (including phenoxy) is 2. The zero-order valence-electron chi connectivity index (χ0n) is 15.9. The maximum atomic E-state index is 13.8. The molecule has 0 unspecified atom stereocenters. The van der Waals surface area contributed by atoms with Crippen molar-refractivity contribution in [2.75, 3.05) is 52.5 Å².